The highest BCUT2D eigenvalue weighted by molar-refractivity contribution is 8.01. The average molecular weight is 401 g/mol. The summed E-state index contributed by atoms with van der Waals surface area (Å²) in [5.74, 6) is 1.04. The van der Waals surface area contributed by atoms with Gasteiger partial charge in [0.05, 0.1) is 12.9 Å². The SMILES string of the molecule is COc1cccc(Nc2nnc(SCC(=O)NCc3cccc(C)c3)s2)c1. The van der Waals surface area contributed by atoms with Gasteiger partial charge in [-0.2, -0.15) is 0 Å². The molecule has 3 aromatic rings. The van der Waals surface area contributed by atoms with Crippen LogP contribution in [0.3, 0.4) is 0 Å². The summed E-state index contributed by atoms with van der Waals surface area (Å²) in [5.41, 5.74) is 3.15. The summed E-state index contributed by atoms with van der Waals surface area (Å²) in [4.78, 5) is 12.0. The number of amides is 1. The Kier molecular flexibility index (Phi) is 6.67. The Bertz CT molecular complexity index is 914. The van der Waals surface area contributed by atoms with Crippen LogP contribution in [-0.4, -0.2) is 29.0 Å². The fourth-order valence-corrected chi connectivity index (χ4v) is 3.95. The Hall–Kier alpha value is -2.58. The second-order valence-electron chi connectivity index (χ2n) is 5.78. The minimum absolute atomic E-state index is 0.0287. The predicted octanol–water partition coefficient (Wildman–Crippen LogP) is 4.01. The molecule has 2 aromatic carbocycles. The first-order chi connectivity index (χ1) is 13.1. The third-order valence-corrected chi connectivity index (χ3v) is 5.60. The van der Waals surface area contributed by atoms with Crippen LogP contribution in [0.2, 0.25) is 0 Å². The zero-order chi connectivity index (χ0) is 19.1. The number of thioether (sulfide) groups is 1. The van der Waals surface area contributed by atoms with E-state index in [2.05, 4.69) is 26.9 Å². The number of hydrogen-bond acceptors (Lipinski definition) is 7. The van der Waals surface area contributed by atoms with Crippen molar-refractivity contribution >= 4 is 39.8 Å². The van der Waals surface area contributed by atoms with Crippen LogP contribution in [-0.2, 0) is 11.3 Å². The topological polar surface area (TPSA) is 76.1 Å². The lowest BCUT2D eigenvalue weighted by molar-refractivity contribution is -0.118. The minimum Gasteiger partial charge on any atom is -0.497 e. The van der Waals surface area contributed by atoms with Crippen molar-refractivity contribution < 1.29 is 9.53 Å². The molecule has 0 atom stereocenters. The lowest BCUT2D eigenvalue weighted by Gasteiger charge is -2.05. The Morgan fingerprint density at radius 2 is 2.04 bits per heavy atom. The lowest BCUT2D eigenvalue weighted by atomic mass is 10.1. The number of rotatable bonds is 8. The molecule has 0 saturated heterocycles. The molecule has 0 fully saturated rings. The first-order valence-electron chi connectivity index (χ1n) is 8.32. The van der Waals surface area contributed by atoms with Gasteiger partial charge in [-0.3, -0.25) is 4.79 Å². The van der Waals surface area contributed by atoms with E-state index in [0.717, 1.165) is 21.3 Å². The fourth-order valence-electron chi connectivity index (χ4n) is 2.34. The van der Waals surface area contributed by atoms with E-state index in [1.807, 2.05) is 49.4 Å². The van der Waals surface area contributed by atoms with Gasteiger partial charge in [0.1, 0.15) is 5.75 Å². The highest BCUT2D eigenvalue weighted by atomic mass is 32.2. The van der Waals surface area contributed by atoms with E-state index >= 15 is 0 Å². The monoisotopic (exact) mass is 400 g/mol. The van der Waals surface area contributed by atoms with Gasteiger partial charge < -0.3 is 15.4 Å². The van der Waals surface area contributed by atoms with E-state index in [1.54, 1.807) is 7.11 Å². The third-order valence-electron chi connectivity index (χ3n) is 3.63. The summed E-state index contributed by atoms with van der Waals surface area (Å²) >= 11 is 2.78. The minimum atomic E-state index is -0.0287. The maximum Gasteiger partial charge on any atom is 0.230 e. The smallest absolute Gasteiger partial charge is 0.230 e. The highest BCUT2D eigenvalue weighted by Gasteiger charge is 2.09. The van der Waals surface area contributed by atoms with Gasteiger partial charge in [-0.05, 0) is 24.6 Å². The number of hydrogen-bond donors (Lipinski definition) is 2. The number of anilines is 2. The summed E-state index contributed by atoms with van der Waals surface area (Å²) in [6.45, 7) is 2.56. The number of aryl methyl sites for hydroxylation is 1. The summed E-state index contributed by atoms with van der Waals surface area (Å²) in [6.07, 6.45) is 0. The maximum atomic E-state index is 12.0. The Morgan fingerprint density at radius 3 is 2.85 bits per heavy atom. The number of nitrogens with zero attached hydrogens (tertiary/aromatic N) is 2. The number of benzene rings is 2. The van der Waals surface area contributed by atoms with E-state index in [1.165, 1.54) is 28.7 Å². The van der Waals surface area contributed by atoms with Crippen LogP contribution in [0, 0.1) is 6.92 Å². The molecule has 0 aliphatic rings. The molecule has 0 bridgehead atoms. The van der Waals surface area contributed by atoms with E-state index < -0.39 is 0 Å². The number of carbonyl (C=O) groups is 1. The fraction of sp³-hybridized carbons (Fsp3) is 0.211. The van der Waals surface area contributed by atoms with E-state index in [9.17, 15) is 4.79 Å². The first kappa shape index (κ1) is 19.2. The lowest BCUT2D eigenvalue weighted by Crippen LogP contribution is -2.24. The summed E-state index contributed by atoms with van der Waals surface area (Å²) in [7, 11) is 1.63. The molecular formula is C19H20N4O2S2. The zero-order valence-electron chi connectivity index (χ0n) is 15.1. The van der Waals surface area contributed by atoms with Crippen LogP contribution < -0.4 is 15.4 Å². The second-order valence-corrected chi connectivity index (χ2v) is 7.98. The molecule has 1 heterocycles. The van der Waals surface area contributed by atoms with Gasteiger partial charge in [0.15, 0.2) is 4.34 Å². The van der Waals surface area contributed by atoms with Crippen molar-refractivity contribution in [3.8, 4) is 5.75 Å². The third kappa shape index (κ3) is 5.97. The van der Waals surface area contributed by atoms with Gasteiger partial charge in [-0.25, -0.2) is 0 Å². The van der Waals surface area contributed by atoms with E-state index in [4.69, 9.17) is 4.74 Å². The van der Waals surface area contributed by atoms with Gasteiger partial charge in [0, 0.05) is 18.3 Å². The molecule has 0 saturated carbocycles. The highest BCUT2D eigenvalue weighted by Crippen LogP contribution is 2.28. The van der Waals surface area contributed by atoms with Crippen LogP contribution in [0.1, 0.15) is 11.1 Å². The Balaban J connectivity index is 1.46. The van der Waals surface area contributed by atoms with Crippen molar-refractivity contribution in [1.29, 1.82) is 0 Å². The number of carbonyl (C=O) groups excluding carboxylic acids is 1. The second kappa shape index (κ2) is 9.38. The molecule has 0 aliphatic carbocycles. The number of ether oxygens (including phenoxy) is 1. The van der Waals surface area contributed by atoms with Gasteiger partial charge in [0.2, 0.25) is 11.0 Å². The molecule has 27 heavy (non-hydrogen) atoms. The Morgan fingerprint density at radius 1 is 1.19 bits per heavy atom. The standard InChI is InChI=1S/C19H20N4O2S2/c1-13-5-3-6-14(9-13)11-20-17(24)12-26-19-23-22-18(27-19)21-15-7-4-8-16(10-15)25-2/h3-10H,11-12H2,1-2H3,(H,20,24)(H,21,22). The number of nitrogens with one attached hydrogen (secondary N) is 2. The molecule has 140 valence electrons. The number of aromatic nitrogens is 2. The molecule has 6 nitrogen and oxygen atoms in total. The summed E-state index contributed by atoms with van der Waals surface area (Å²) < 4.78 is 5.94. The van der Waals surface area contributed by atoms with Crippen LogP contribution in [0.25, 0.3) is 0 Å². The van der Waals surface area contributed by atoms with Crippen molar-refractivity contribution in [2.75, 3.05) is 18.2 Å². The largest absolute Gasteiger partial charge is 0.497 e. The normalized spacial score (nSPS) is 10.4. The van der Waals surface area contributed by atoms with Gasteiger partial charge >= 0.3 is 0 Å². The van der Waals surface area contributed by atoms with Crippen molar-refractivity contribution in [3.05, 3.63) is 59.7 Å². The molecule has 0 unspecified atom stereocenters. The molecule has 0 radical (unpaired) electrons. The molecule has 8 heteroatoms. The van der Waals surface area contributed by atoms with Gasteiger partial charge in [0.25, 0.3) is 0 Å². The molecule has 0 aliphatic heterocycles. The Labute approximate surface area is 166 Å². The van der Waals surface area contributed by atoms with Crippen molar-refractivity contribution in [2.24, 2.45) is 0 Å². The van der Waals surface area contributed by atoms with Gasteiger partial charge in [-0.15, -0.1) is 10.2 Å². The predicted molar refractivity (Wildman–Crippen MR) is 110 cm³/mol. The average Bonchev–Trinajstić information content (AvgIpc) is 3.12. The van der Waals surface area contributed by atoms with Crippen molar-refractivity contribution in [3.63, 3.8) is 0 Å². The van der Waals surface area contributed by atoms with Crippen molar-refractivity contribution in [2.45, 2.75) is 17.8 Å². The van der Waals surface area contributed by atoms with Gasteiger partial charge in [-0.1, -0.05) is 59.0 Å². The van der Waals surface area contributed by atoms with Crippen LogP contribution in [0.4, 0.5) is 10.8 Å². The summed E-state index contributed by atoms with van der Waals surface area (Å²) in [5, 5.41) is 15.0. The van der Waals surface area contributed by atoms with E-state index in [0.29, 0.717) is 17.4 Å². The molecule has 1 amide bonds. The molecule has 3 rings (SSSR count). The molecule has 2 N–H and O–H groups in total. The summed E-state index contributed by atoms with van der Waals surface area (Å²) in [6, 6.07) is 15.7. The maximum absolute atomic E-state index is 12.0. The number of methoxy groups -OCH3 is 1. The van der Waals surface area contributed by atoms with Crippen LogP contribution in [0.5, 0.6) is 5.75 Å². The molecule has 0 spiro atoms. The quantitative estimate of drug-likeness (QED) is 0.557. The zero-order valence-corrected chi connectivity index (χ0v) is 16.7. The van der Waals surface area contributed by atoms with Crippen molar-refractivity contribution in [1.82, 2.24) is 15.5 Å². The molecule has 1 aromatic heterocycles. The van der Waals surface area contributed by atoms with Crippen LogP contribution >= 0.6 is 23.1 Å². The van der Waals surface area contributed by atoms with E-state index in [-0.39, 0.29) is 5.91 Å². The first-order valence-corrected chi connectivity index (χ1v) is 10.1. The van der Waals surface area contributed by atoms with Crippen LogP contribution in [0.15, 0.2) is 52.9 Å². The molecular weight excluding hydrogens is 380 g/mol.